The Morgan fingerprint density at radius 3 is 2.22 bits per heavy atom. The summed E-state index contributed by atoms with van der Waals surface area (Å²) < 4.78 is 17.9. The number of nitrogens with zero attached hydrogens (tertiary/aromatic N) is 1. The Kier molecular flexibility index (Phi) is 10.5. The Bertz CT molecular complexity index is 573. The van der Waals surface area contributed by atoms with Gasteiger partial charge in [-0.2, -0.15) is 0 Å². The van der Waals surface area contributed by atoms with Crippen molar-refractivity contribution in [3.05, 3.63) is 30.5 Å². The zero-order valence-corrected chi connectivity index (χ0v) is 17.8. The summed E-state index contributed by atoms with van der Waals surface area (Å²) in [5, 5.41) is 0. The molecule has 1 aromatic heterocycles. The average Bonchev–Trinajstić information content (AvgIpc) is 3.01. The number of carbonyl (C=O) groups excluding carboxylic acids is 1. The van der Waals surface area contributed by atoms with E-state index in [1.165, 1.54) is 25.7 Å². The van der Waals surface area contributed by atoms with Crippen LogP contribution in [0.15, 0.2) is 24.8 Å². The summed E-state index contributed by atoms with van der Waals surface area (Å²) >= 11 is 0. The highest BCUT2D eigenvalue weighted by Crippen LogP contribution is 2.15. The number of hydrogen-bond acceptors (Lipinski definition) is 4. The first-order valence-corrected chi connectivity index (χ1v) is 9.94. The molecule has 0 aliphatic rings. The van der Waals surface area contributed by atoms with Gasteiger partial charge in [-0.1, -0.05) is 31.8 Å². The molecule has 5 nitrogen and oxygen atoms in total. The van der Waals surface area contributed by atoms with Gasteiger partial charge in [0.2, 0.25) is 0 Å². The van der Waals surface area contributed by atoms with E-state index >= 15 is 0 Å². The normalized spacial score (nSPS) is 11.4. The lowest BCUT2D eigenvalue weighted by Crippen LogP contribution is -2.44. The molecular formula is C21H36BNO4. The summed E-state index contributed by atoms with van der Waals surface area (Å²) in [6.07, 6.45) is 10.7. The summed E-state index contributed by atoms with van der Waals surface area (Å²) in [7, 11) is 2.52. The Labute approximate surface area is 165 Å². The molecular weight excluding hydrogens is 341 g/mol. The highest BCUT2D eigenvalue weighted by atomic mass is 16.6. The zero-order chi connectivity index (χ0) is 20.3. The third-order valence-electron chi connectivity index (χ3n) is 4.33. The Morgan fingerprint density at radius 1 is 1.07 bits per heavy atom. The van der Waals surface area contributed by atoms with E-state index in [0.717, 1.165) is 31.4 Å². The number of aromatic nitrogens is 1. The van der Waals surface area contributed by atoms with Crippen LogP contribution in [0.2, 0.25) is 0 Å². The van der Waals surface area contributed by atoms with Gasteiger partial charge >= 0.3 is 13.2 Å². The second kappa shape index (κ2) is 12.0. The maximum Gasteiger partial charge on any atom is 0.511 e. The number of allylic oxidation sites excluding steroid dienone is 1. The van der Waals surface area contributed by atoms with Crippen molar-refractivity contribution in [2.45, 2.75) is 77.7 Å². The third-order valence-corrected chi connectivity index (χ3v) is 4.33. The Balaban J connectivity index is 2.72. The average molecular weight is 377 g/mol. The van der Waals surface area contributed by atoms with Crippen molar-refractivity contribution in [3.63, 3.8) is 0 Å². The molecule has 0 radical (unpaired) electrons. The topological polar surface area (TPSA) is 49.7 Å². The first-order valence-electron chi connectivity index (χ1n) is 9.94. The number of unbranched alkanes of at least 4 members (excludes halogenated alkanes) is 6. The van der Waals surface area contributed by atoms with E-state index < -0.39 is 12.7 Å². The standard InChI is InChI=1S/C21H36BNO4/c1-7-8-9-10-11-12-13-14-15-18-16-17-19(22(25-5)26-6)23(18)20(24)27-21(2,3)4/h7,16-17H,1,8-15H2,2-6H3. The molecule has 0 N–H and O–H groups in total. The van der Waals surface area contributed by atoms with E-state index in [1.54, 1.807) is 18.8 Å². The molecule has 0 atom stereocenters. The molecule has 0 fully saturated rings. The molecule has 0 saturated heterocycles. The predicted molar refractivity (Wildman–Crippen MR) is 112 cm³/mol. The summed E-state index contributed by atoms with van der Waals surface area (Å²) in [5.74, 6) is 0. The van der Waals surface area contributed by atoms with Gasteiger partial charge in [-0.05, 0) is 58.6 Å². The quantitative estimate of drug-likeness (QED) is 0.301. The first kappa shape index (κ1) is 23.5. The predicted octanol–water partition coefficient (Wildman–Crippen LogP) is 4.72. The summed E-state index contributed by atoms with van der Waals surface area (Å²) in [4.78, 5) is 12.8. The van der Waals surface area contributed by atoms with Crippen molar-refractivity contribution >= 4 is 18.8 Å². The van der Waals surface area contributed by atoms with E-state index in [-0.39, 0.29) is 6.09 Å². The third kappa shape index (κ3) is 8.35. The van der Waals surface area contributed by atoms with Gasteiger partial charge in [0.25, 0.3) is 0 Å². The first-order chi connectivity index (χ1) is 12.8. The molecule has 152 valence electrons. The molecule has 27 heavy (non-hydrogen) atoms. The Morgan fingerprint density at radius 2 is 1.67 bits per heavy atom. The molecule has 1 rings (SSSR count). The number of rotatable bonds is 12. The van der Waals surface area contributed by atoms with Gasteiger partial charge in [0.05, 0.1) is 5.59 Å². The fourth-order valence-electron chi connectivity index (χ4n) is 3.05. The highest BCUT2D eigenvalue weighted by molar-refractivity contribution is 6.60. The monoisotopic (exact) mass is 377 g/mol. The fraction of sp³-hybridized carbons (Fsp3) is 0.667. The largest absolute Gasteiger partial charge is 0.511 e. The molecule has 0 saturated carbocycles. The lowest BCUT2D eigenvalue weighted by molar-refractivity contribution is 0.0536. The molecule has 0 aromatic carbocycles. The van der Waals surface area contributed by atoms with Crippen molar-refractivity contribution in [2.75, 3.05) is 14.2 Å². The van der Waals surface area contributed by atoms with Crippen LogP contribution in [0.4, 0.5) is 4.79 Å². The van der Waals surface area contributed by atoms with Gasteiger partial charge in [-0.3, -0.25) is 4.57 Å². The smallest absolute Gasteiger partial charge is 0.443 e. The highest BCUT2D eigenvalue weighted by Gasteiger charge is 2.29. The molecule has 1 heterocycles. The number of aryl methyl sites for hydroxylation is 1. The van der Waals surface area contributed by atoms with E-state index in [1.807, 2.05) is 39.0 Å². The zero-order valence-electron chi connectivity index (χ0n) is 17.8. The second-order valence-corrected chi connectivity index (χ2v) is 7.82. The summed E-state index contributed by atoms with van der Waals surface area (Å²) in [5.41, 5.74) is 1.04. The molecule has 6 heteroatoms. The maximum atomic E-state index is 12.8. The fourth-order valence-corrected chi connectivity index (χ4v) is 3.05. The summed E-state index contributed by atoms with van der Waals surface area (Å²) in [6, 6.07) is 3.85. The van der Waals surface area contributed by atoms with Gasteiger partial charge in [-0.25, -0.2) is 4.79 Å². The van der Waals surface area contributed by atoms with Crippen LogP contribution in [0.25, 0.3) is 0 Å². The van der Waals surface area contributed by atoms with Gasteiger partial charge in [-0.15, -0.1) is 6.58 Å². The second-order valence-electron chi connectivity index (χ2n) is 7.82. The molecule has 0 unspecified atom stereocenters. The van der Waals surface area contributed by atoms with Crippen LogP contribution < -0.4 is 5.59 Å². The van der Waals surface area contributed by atoms with Gasteiger partial charge in [0.1, 0.15) is 5.60 Å². The van der Waals surface area contributed by atoms with E-state index in [0.29, 0.717) is 5.59 Å². The minimum atomic E-state index is -0.601. The number of hydrogen-bond donors (Lipinski definition) is 0. The molecule has 0 spiro atoms. The van der Waals surface area contributed by atoms with E-state index in [4.69, 9.17) is 14.0 Å². The van der Waals surface area contributed by atoms with Gasteiger partial charge in [0.15, 0.2) is 0 Å². The van der Waals surface area contributed by atoms with E-state index in [2.05, 4.69) is 6.58 Å². The minimum Gasteiger partial charge on any atom is -0.443 e. The van der Waals surface area contributed by atoms with Crippen molar-refractivity contribution < 1.29 is 18.8 Å². The molecule has 0 aliphatic carbocycles. The van der Waals surface area contributed by atoms with Crippen LogP contribution in [0.3, 0.4) is 0 Å². The SMILES string of the molecule is C=CCCCCCCCCc1ccc(B(OC)OC)n1C(=O)OC(C)(C)C. The maximum absolute atomic E-state index is 12.8. The Hall–Kier alpha value is -1.53. The lowest BCUT2D eigenvalue weighted by atomic mass is 9.85. The van der Waals surface area contributed by atoms with Gasteiger partial charge < -0.3 is 14.0 Å². The van der Waals surface area contributed by atoms with Crippen LogP contribution in [0.1, 0.15) is 71.4 Å². The van der Waals surface area contributed by atoms with Crippen molar-refractivity contribution in [3.8, 4) is 0 Å². The summed E-state index contributed by atoms with van der Waals surface area (Å²) in [6.45, 7) is 9.35. The van der Waals surface area contributed by atoms with Crippen molar-refractivity contribution in [1.82, 2.24) is 4.57 Å². The number of ether oxygens (including phenoxy) is 1. The van der Waals surface area contributed by atoms with Crippen molar-refractivity contribution in [2.24, 2.45) is 0 Å². The van der Waals surface area contributed by atoms with Crippen LogP contribution in [-0.4, -0.2) is 37.6 Å². The van der Waals surface area contributed by atoms with Crippen LogP contribution in [-0.2, 0) is 20.5 Å². The van der Waals surface area contributed by atoms with Gasteiger partial charge in [0, 0.05) is 19.9 Å². The molecule has 0 aliphatic heterocycles. The molecule has 0 amide bonds. The number of carbonyl (C=O) groups is 1. The van der Waals surface area contributed by atoms with Crippen molar-refractivity contribution in [1.29, 1.82) is 0 Å². The van der Waals surface area contributed by atoms with Crippen LogP contribution >= 0.6 is 0 Å². The lowest BCUT2D eigenvalue weighted by Gasteiger charge is -2.22. The van der Waals surface area contributed by atoms with Crippen LogP contribution in [0.5, 0.6) is 0 Å². The molecule has 1 aromatic rings. The minimum absolute atomic E-state index is 0.388. The van der Waals surface area contributed by atoms with E-state index in [9.17, 15) is 4.79 Å². The van der Waals surface area contributed by atoms with Crippen LogP contribution in [0, 0.1) is 0 Å². The molecule has 0 bridgehead atoms.